The molecule has 0 bridgehead atoms. The number of rotatable bonds is 3. The Bertz CT molecular complexity index is 4070. The molecule has 67 heavy (non-hydrogen) atoms. The normalized spacial score (nSPS) is 18.9. The third-order valence-electron chi connectivity index (χ3n) is 14.5. The van der Waals surface area contributed by atoms with Crippen molar-refractivity contribution < 1.29 is 4.42 Å². The van der Waals surface area contributed by atoms with Crippen molar-refractivity contribution in [2.24, 2.45) is 15.9 Å². The molecule has 3 aromatic heterocycles. The predicted molar refractivity (Wildman–Crippen MR) is 283 cm³/mol. The van der Waals surface area contributed by atoms with Crippen molar-refractivity contribution in [2.75, 3.05) is 0 Å². The van der Waals surface area contributed by atoms with Crippen molar-refractivity contribution in [2.45, 2.75) is 32.1 Å². The lowest BCUT2D eigenvalue weighted by Crippen LogP contribution is -2.20. The smallest absolute Gasteiger partial charge is 0.235 e. The Labute approximate surface area is 391 Å². The molecule has 12 aromatic rings. The minimum atomic E-state index is 0.0320. The van der Waals surface area contributed by atoms with Gasteiger partial charge in [-0.05, 0) is 112 Å². The largest absolute Gasteiger partial charge is 0.456 e. The molecule has 2 unspecified atom stereocenters. The molecule has 0 N–H and O–H groups in total. The maximum absolute atomic E-state index is 6.89. The van der Waals surface area contributed by atoms with Crippen LogP contribution in [0.2, 0.25) is 0 Å². The maximum Gasteiger partial charge on any atom is 0.235 e. The number of benzene rings is 9. The first-order valence-electron chi connectivity index (χ1n) is 23.5. The second kappa shape index (κ2) is 15.1. The molecule has 4 nitrogen and oxygen atoms in total. The van der Waals surface area contributed by atoms with Crippen LogP contribution in [-0.4, -0.2) is 16.2 Å². The molecule has 0 amide bonds. The zero-order chi connectivity index (χ0) is 44.2. The number of aliphatic imine (C=N–C) groups is 2. The van der Waals surface area contributed by atoms with Gasteiger partial charge in [-0.2, -0.15) is 0 Å². The van der Waals surface area contributed by atoms with Crippen LogP contribution in [0, 0.1) is 5.92 Å². The second-order valence-corrected chi connectivity index (χ2v) is 19.5. The highest BCUT2D eigenvalue weighted by molar-refractivity contribution is 7.25. The summed E-state index contributed by atoms with van der Waals surface area (Å²) in [5.41, 5.74) is 14.7. The fraction of sp³-hybridized carbons (Fsp3) is 0.0968. The van der Waals surface area contributed by atoms with E-state index in [1.165, 1.54) is 69.5 Å². The van der Waals surface area contributed by atoms with Crippen molar-refractivity contribution in [3.8, 4) is 11.1 Å². The Morgan fingerprint density at radius 1 is 0.552 bits per heavy atom. The van der Waals surface area contributed by atoms with Crippen molar-refractivity contribution in [3.05, 3.63) is 222 Å². The van der Waals surface area contributed by atoms with E-state index in [1.807, 2.05) is 11.3 Å². The molecule has 2 aliphatic rings. The van der Waals surface area contributed by atoms with Crippen LogP contribution in [0.3, 0.4) is 0 Å². The summed E-state index contributed by atoms with van der Waals surface area (Å²) >= 11 is 1.84. The van der Waals surface area contributed by atoms with Crippen molar-refractivity contribution >= 4 is 103 Å². The molecule has 14 rings (SSSR count). The molecule has 0 saturated carbocycles. The lowest BCUT2D eigenvalue weighted by Gasteiger charge is -2.23. The SMILES string of the molecule is CC1C/C=C(c2ccc3sc4ccccc4c3c2)/N=C(n2c3ccccc3c3ccccc32)\N=C/1c1cc(C2CCc3cc4ccccc4cc3-c3ccccc32)cc2oc3ccccc3c12. The van der Waals surface area contributed by atoms with Gasteiger partial charge in [0.15, 0.2) is 0 Å². The summed E-state index contributed by atoms with van der Waals surface area (Å²) in [4.78, 5) is 11.6. The number of nitrogens with zero attached hydrogens (tertiary/aromatic N) is 3. The van der Waals surface area contributed by atoms with Gasteiger partial charge in [0.2, 0.25) is 5.96 Å². The van der Waals surface area contributed by atoms with Gasteiger partial charge < -0.3 is 4.42 Å². The Balaban J connectivity index is 1.01. The van der Waals surface area contributed by atoms with Gasteiger partial charge in [-0.1, -0.05) is 146 Å². The van der Waals surface area contributed by atoms with E-state index in [4.69, 9.17) is 14.4 Å². The summed E-state index contributed by atoms with van der Waals surface area (Å²) in [5, 5.41) is 9.65. The molecule has 1 aliphatic heterocycles. The van der Waals surface area contributed by atoms with E-state index in [-0.39, 0.29) is 11.8 Å². The van der Waals surface area contributed by atoms with Gasteiger partial charge in [0.1, 0.15) is 11.2 Å². The van der Waals surface area contributed by atoms with Crippen molar-refractivity contribution in [1.29, 1.82) is 0 Å². The molecule has 0 fully saturated rings. The fourth-order valence-electron chi connectivity index (χ4n) is 11.3. The van der Waals surface area contributed by atoms with Crippen LogP contribution in [0.5, 0.6) is 0 Å². The van der Waals surface area contributed by atoms with Gasteiger partial charge in [0.05, 0.1) is 22.4 Å². The minimum absolute atomic E-state index is 0.0320. The van der Waals surface area contributed by atoms with E-state index in [1.54, 1.807) is 0 Å². The molecule has 2 atom stereocenters. The highest BCUT2D eigenvalue weighted by Crippen LogP contribution is 2.46. The van der Waals surface area contributed by atoms with E-state index in [0.29, 0.717) is 5.96 Å². The standard InChI is InChI=1S/C62H43N3OS/c1-37-26-30-53(41-28-31-59-51(34-41)48-20-9-13-25-58(48)67-59)63-62(65-54-22-10-6-18-46(54)47-19-7-11-23-55(47)65)64-61(37)52-35-42(36-57-60(52)49-21-8-12-24-56(49)66-57)43-29-27-40-32-38-14-2-3-15-39(38)33-50(40)45-17-5-4-16-44(43)45/h2-25,28,30-37,43H,26-27,29H2,1H3/b53-30+,63-62+,64-61+. The third kappa shape index (κ3) is 6.11. The first kappa shape index (κ1) is 38.4. The molecule has 4 heterocycles. The van der Waals surface area contributed by atoms with Crippen molar-refractivity contribution in [3.63, 3.8) is 0 Å². The minimum Gasteiger partial charge on any atom is -0.456 e. The summed E-state index contributed by atoms with van der Waals surface area (Å²) < 4.78 is 11.7. The molecule has 0 saturated heterocycles. The highest BCUT2D eigenvalue weighted by atomic mass is 32.1. The van der Waals surface area contributed by atoms with E-state index >= 15 is 0 Å². The second-order valence-electron chi connectivity index (χ2n) is 18.4. The quantitative estimate of drug-likeness (QED) is 0.174. The number of hydrogen-bond donors (Lipinski definition) is 0. The number of furan rings is 1. The van der Waals surface area contributed by atoms with Crippen LogP contribution in [0.1, 0.15) is 53.5 Å². The number of aromatic nitrogens is 1. The Kier molecular flexibility index (Phi) is 8.65. The Morgan fingerprint density at radius 3 is 2.07 bits per heavy atom. The van der Waals surface area contributed by atoms with Gasteiger partial charge in [0.25, 0.3) is 0 Å². The Hall–Kier alpha value is -7.86. The molecule has 9 aromatic carbocycles. The monoisotopic (exact) mass is 877 g/mol. The van der Waals surface area contributed by atoms with Gasteiger partial charge in [-0.3, -0.25) is 4.57 Å². The van der Waals surface area contributed by atoms with Crippen LogP contribution in [-0.2, 0) is 6.42 Å². The van der Waals surface area contributed by atoms with Gasteiger partial charge >= 0.3 is 0 Å². The Morgan fingerprint density at radius 2 is 1.24 bits per heavy atom. The van der Waals surface area contributed by atoms with E-state index in [0.717, 1.165) is 74.8 Å². The first-order valence-corrected chi connectivity index (χ1v) is 24.3. The van der Waals surface area contributed by atoms with Crippen LogP contribution in [0.25, 0.3) is 91.5 Å². The van der Waals surface area contributed by atoms with Gasteiger partial charge in [-0.15, -0.1) is 11.3 Å². The summed E-state index contributed by atoms with van der Waals surface area (Å²) in [6, 6.07) is 68.8. The molecule has 5 heteroatoms. The van der Waals surface area contributed by atoms with Crippen LogP contribution in [0.4, 0.5) is 0 Å². The number of thiophene rings is 1. The van der Waals surface area contributed by atoms with Crippen LogP contribution >= 0.6 is 11.3 Å². The summed E-state index contributed by atoms with van der Waals surface area (Å²) in [6.07, 6.45) is 5.05. The number of allylic oxidation sites excluding steroid dienone is 1. The first-order chi connectivity index (χ1) is 33.1. The molecule has 1 aliphatic carbocycles. The lowest BCUT2D eigenvalue weighted by atomic mass is 9.82. The number of aryl methyl sites for hydroxylation is 1. The van der Waals surface area contributed by atoms with Gasteiger partial charge in [0, 0.05) is 64.7 Å². The van der Waals surface area contributed by atoms with Crippen molar-refractivity contribution in [1.82, 2.24) is 4.57 Å². The average Bonchev–Trinajstić information content (AvgIpc) is 4.01. The van der Waals surface area contributed by atoms with Crippen LogP contribution < -0.4 is 0 Å². The molecule has 0 radical (unpaired) electrons. The number of fused-ring (bicyclic) bond motifs is 13. The number of hydrogen-bond acceptors (Lipinski definition) is 4. The lowest BCUT2D eigenvalue weighted by molar-refractivity contribution is 0.665. The zero-order valence-corrected chi connectivity index (χ0v) is 37.7. The maximum atomic E-state index is 6.89. The average molecular weight is 878 g/mol. The summed E-state index contributed by atoms with van der Waals surface area (Å²) in [6.45, 7) is 2.33. The summed E-state index contributed by atoms with van der Waals surface area (Å²) in [5.74, 6) is 0.811. The zero-order valence-electron chi connectivity index (χ0n) is 36.9. The molecular formula is C62H43N3OS. The van der Waals surface area contributed by atoms with E-state index in [9.17, 15) is 0 Å². The molecular weight excluding hydrogens is 835 g/mol. The predicted octanol–water partition coefficient (Wildman–Crippen LogP) is 16.7. The third-order valence-corrected chi connectivity index (χ3v) is 15.7. The summed E-state index contributed by atoms with van der Waals surface area (Å²) in [7, 11) is 0. The van der Waals surface area contributed by atoms with E-state index < -0.39 is 0 Å². The van der Waals surface area contributed by atoms with E-state index in [2.05, 4.69) is 206 Å². The molecule has 318 valence electrons. The van der Waals surface area contributed by atoms with Gasteiger partial charge in [-0.25, -0.2) is 9.98 Å². The topological polar surface area (TPSA) is 42.8 Å². The molecule has 0 spiro atoms. The van der Waals surface area contributed by atoms with Crippen LogP contribution in [0.15, 0.2) is 209 Å². The highest BCUT2D eigenvalue weighted by Gasteiger charge is 2.29. The fourth-order valence-corrected chi connectivity index (χ4v) is 12.4. The number of para-hydroxylation sites is 3.